The molecular formula is C48H29N3OS. The van der Waals surface area contributed by atoms with E-state index < -0.39 is 0 Å². The third-order valence-electron chi connectivity index (χ3n) is 10.3. The lowest BCUT2D eigenvalue weighted by atomic mass is 9.99. The average Bonchev–Trinajstić information content (AvgIpc) is 3.83. The number of allylic oxidation sites excluding steroid dienone is 2. The summed E-state index contributed by atoms with van der Waals surface area (Å²) in [5.41, 5.74) is 10.4. The molecule has 0 fully saturated rings. The first-order valence-corrected chi connectivity index (χ1v) is 18.5. The van der Waals surface area contributed by atoms with Crippen molar-refractivity contribution in [3.63, 3.8) is 0 Å². The molecule has 11 rings (SSSR count). The zero-order valence-corrected chi connectivity index (χ0v) is 29.3. The Bertz CT molecular complexity index is 3190. The quantitative estimate of drug-likeness (QED) is 0.181. The molecule has 0 saturated heterocycles. The Morgan fingerprint density at radius 3 is 1.98 bits per heavy atom. The summed E-state index contributed by atoms with van der Waals surface area (Å²) >= 11 is 1.81. The Labute approximate surface area is 308 Å². The van der Waals surface area contributed by atoms with Crippen LogP contribution in [0.3, 0.4) is 0 Å². The van der Waals surface area contributed by atoms with Crippen molar-refractivity contribution in [2.24, 2.45) is 9.98 Å². The van der Waals surface area contributed by atoms with Gasteiger partial charge in [0.2, 0.25) is 0 Å². The Morgan fingerprint density at radius 1 is 0.491 bits per heavy atom. The lowest BCUT2D eigenvalue weighted by Gasteiger charge is -2.07. The van der Waals surface area contributed by atoms with Crippen LogP contribution in [0.4, 0.5) is 0 Å². The molecule has 0 unspecified atom stereocenters. The van der Waals surface area contributed by atoms with E-state index in [0.29, 0.717) is 5.84 Å². The van der Waals surface area contributed by atoms with E-state index in [1.165, 1.54) is 42.0 Å². The van der Waals surface area contributed by atoms with Gasteiger partial charge in [0.1, 0.15) is 11.2 Å². The maximum atomic E-state index is 6.52. The van der Waals surface area contributed by atoms with Crippen LogP contribution in [0.15, 0.2) is 190 Å². The number of thiophene rings is 1. The van der Waals surface area contributed by atoms with Crippen LogP contribution >= 0.6 is 11.3 Å². The van der Waals surface area contributed by atoms with Crippen LogP contribution in [-0.2, 0) is 0 Å². The van der Waals surface area contributed by atoms with Crippen molar-refractivity contribution in [3.05, 3.63) is 193 Å². The molecule has 7 aromatic carbocycles. The van der Waals surface area contributed by atoms with Crippen LogP contribution in [0.5, 0.6) is 0 Å². The van der Waals surface area contributed by atoms with Gasteiger partial charge >= 0.3 is 0 Å². The summed E-state index contributed by atoms with van der Waals surface area (Å²) in [6.07, 6.45) is 2.06. The first kappa shape index (κ1) is 29.9. The smallest absolute Gasteiger partial charge is 0.160 e. The fourth-order valence-electron chi connectivity index (χ4n) is 7.84. The van der Waals surface area contributed by atoms with Gasteiger partial charge in [-0.05, 0) is 72.3 Å². The van der Waals surface area contributed by atoms with E-state index in [0.717, 1.165) is 61.3 Å². The first-order valence-electron chi connectivity index (χ1n) is 17.7. The van der Waals surface area contributed by atoms with Gasteiger partial charge in [0.05, 0.1) is 22.4 Å². The summed E-state index contributed by atoms with van der Waals surface area (Å²) < 4.78 is 11.4. The standard InChI is InChI=1S/C48H29N3OS/c1-29-25-40(49-48(30-11-3-2-4-12-30)50-47(29)32-20-24-46-39(27-32)37-15-7-10-18-45(37)53-46)31-19-23-43-38(26-31)36-22-21-33(28-44(36)52-43)51-41-16-8-5-13-34(41)35-14-6-9-17-42(35)51/h2-28H,1H2. The van der Waals surface area contributed by atoms with Gasteiger partial charge in [0.25, 0.3) is 0 Å². The Kier molecular flexibility index (Phi) is 6.54. The second-order valence-corrected chi connectivity index (χ2v) is 14.6. The highest BCUT2D eigenvalue weighted by molar-refractivity contribution is 7.25. The van der Waals surface area contributed by atoms with Crippen LogP contribution in [0.1, 0.15) is 16.7 Å². The van der Waals surface area contributed by atoms with Crippen molar-refractivity contribution in [2.45, 2.75) is 0 Å². The highest BCUT2D eigenvalue weighted by atomic mass is 32.1. The Hall–Kier alpha value is -6.82. The second-order valence-electron chi connectivity index (χ2n) is 13.5. The number of nitrogens with zero attached hydrogens (tertiary/aromatic N) is 3. The summed E-state index contributed by atoms with van der Waals surface area (Å²) in [6.45, 7) is 4.55. The molecule has 0 aliphatic carbocycles. The molecule has 0 amide bonds. The number of furan rings is 1. The number of para-hydroxylation sites is 2. The van der Waals surface area contributed by atoms with Gasteiger partial charge in [0.15, 0.2) is 5.84 Å². The molecule has 0 atom stereocenters. The van der Waals surface area contributed by atoms with E-state index in [4.69, 9.17) is 14.4 Å². The molecule has 0 spiro atoms. The summed E-state index contributed by atoms with van der Waals surface area (Å²) in [6, 6.07) is 55.3. The van der Waals surface area contributed by atoms with Gasteiger partial charge < -0.3 is 8.98 Å². The van der Waals surface area contributed by atoms with Gasteiger partial charge in [-0.15, -0.1) is 11.3 Å². The lowest BCUT2D eigenvalue weighted by Crippen LogP contribution is -2.06. The third-order valence-corrected chi connectivity index (χ3v) is 11.5. The maximum absolute atomic E-state index is 6.52. The molecule has 10 aromatic rings. The molecule has 4 nitrogen and oxygen atoms in total. The van der Waals surface area contributed by atoms with Gasteiger partial charge in [-0.1, -0.05) is 97.6 Å². The number of hydrogen-bond acceptors (Lipinski definition) is 4. The first-order chi connectivity index (χ1) is 26.2. The third kappa shape index (κ3) is 4.75. The van der Waals surface area contributed by atoms with Crippen LogP contribution in [0.2, 0.25) is 0 Å². The van der Waals surface area contributed by atoms with Gasteiger partial charge in [0, 0.05) is 70.2 Å². The van der Waals surface area contributed by atoms with E-state index >= 15 is 0 Å². The van der Waals surface area contributed by atoms with Gasteiger partial charge in [-0.3, -0.25) is 0 Å². The van der Waals surface area contributed by atoms with E-state index in [2.05, 4.69) is 151 Å². The maximum Gasteiger partial charge on any atom is 0.160 e. The minimum atomic E-state index is 0.647. The molecule has 5 heteroatoms. The molecule has 0 N–H and O–H groups in total. The van der Waals surface area contributed by atoms with E-state index in [1.54, 1.807) is 0 Å². The van der Waals surface area contributed by atoms with Crippen LogP contribution in [0.25, 0.3) is 75.3 Å². The van der Waals surface area contributed by atoms with Crippen molar-refractivity contribution in [1.29, 1.82) is 0 Å². The summed E-state index contributed by atoms with van der Waals surface area (Å²) in [4.78, 5) is 10.4. The van der Waals surface area contributed by atoms with Crippen molar-refractivity contribution >= 4 is 92.5 Å². The fraction of sp³-hybridized carbons (Fsp3) is 0. The number of hydrogen-bond donors (Lipinski definition) is 0. The van der Waals surface area contributed by atoms with Crippen molar-refractivity contribution in [3.8, 4) is 5.69 Å². The SMILES string of the molecule is C=C1C=C(c2ccc3oc4cc(-n5c6ccccc6c6ccccc65)ccc4c3c2)N=C(c2ccccc2)N=C1c1ccc2sc3ccccc3c2c1. The summed E-state index contributed by atoms with van der Waals surface area (Å²) in [5, 5.41) is 7.04. The molecular weight excluding hydrogens is 667 g/mol. The highest BCUT2D eigenvalue weighted by Gasteiger charge is 2.19. The predicted molar refractivity (Wildman–Crippen MR) is 224 cm³/mol. The average molecular weight is 696 g/mol. The number of aliphatic imine (C=N–C) groups is 2. The number of aromatic nitrogens is 1. The normalized spacial score (nSPS) is 13.7. The molecule has 248 valence electrons. The zero-order chi connectivity index (χ0) is 35.0. The van der Waals surface area contributed by atoms with Crippen molar-refractivity contribution in [2.75, 3.05) is 0 Å². The molecule has 0 radical (unpaired) electrons. The predicted octanol–water partition coefficient (Wildman–Crippen LogP) is 12.9. The molecule has 3 aromatic heterocycles. The second kappa shape index (κ2) is 11.6. The minimum absolute atomic E-state index is 0.647. The summed E-state index contributed by atoms with van der Waals surface area (Å²) in [5.74, 6) is 0.647. The topological polar surface area (TPSA) is 42.8 Å². The van der Waals surface area contributed by atoms with Crippen molar-refractivity contribution in [1.82, 2.24) is 4.57 Å². The highest BCUT2D eigenvalue weighted by Crippen LogP contribution is 2.38. The Morgan fingerprint density at radius 2 is 1.17 bits per heavy atom. The number of rotatable bonds is 4. The van der Waals surface area contributed by atoms with Gasteiger partial charge in [-0.25, -0.2) is 9.98 Å². The number of fused-ring (bicyclic) bond motifs is 9. The Balaban J connectivity index is 1.03. The van der Waals surface area contributed by atoms with E-state index in [-0.39, 0.29) is 0 Å². The molecule has 53 heavy (non-hydrogen) atoms. The molecule has 1 aliphatic rings. The van der Waals surface area contributed by atoms with Crippen LogP contribution in [-0.4, -0.2) is 16.1 Å². The van der Waals surface area contributed by atoms with Crippen LogP contribution < -0.4 is 0 Å². The molecule has 0 saturated carbocycles. The lowest BCUT2D eigenvalue weighted by molar-refractivity contribution is 0.668. The number of amidine groups is 1. The van der Waals surface area contributed by atoms with E-state index in [9.17, 15) is 0 Å². The summed E-state index contributed by atoms with van der Waals surface area (Å²) in [7, 11) is 0. The zero-order valence-electron chi connectivity index (χ0n) is 28.5. The van der Waals surface area contributed by atoms with Crippen molar-refractivity contribution < 1.29 is 4.42 Å². The molecule has 4 heterocycles. The monoisotopic (exact) mass is 695 g/mol. The van der Waals surface area contributed by atoms with Gasteiger partial charge in [-0.2, -0.15) is 0 Å². The fourth-order valence-corrected chi connectivity index (χ4v) is 8.92. The molecule has 1 aliphatic heterocycles. The number of benzene rings is 7. The van der Waals surface area contributed by atoms with Crippen LogP contribution in [0, 0.1) is 0 Å². The van der Waals surface area contributed by atoms with E-state index in [1.807, 2.05) is 35.6 Å². The minimum Gasteiger partial charge on any atom is -0.456 e. The largest absolute Gasteiger partial charge is 0.456 e. The molecule has 0 bridgehead atoms.